The van der Waals surface area contributed by atoms with Gasteiger partial charge in [-0.25, -0.2) is 9.49 Å². The van der Waals surface area contributed by atoms with Crippen LogP contribution in [0.1, 0.15) is 17.0 Å². The minimum absolute atomic E-state index is 0.306. The van der Waals surface area contributed by atoms with Crippen molar-refractivity contribution in [3.05, 3.63) is 51.8 Å². The van der Waals surface area contributed by atoms with E-state index in [-0.39, 0.29) is 5.82 Å². The van der Waals surface area contributed by atoms with Crippen molar-refractivity contribution in [1.82, 2.24) is 24.7 Å². The summed E-state index contributed by atoms with van der Waals surface area (Å²) in [5.74, 6) is 0.213. The SMILES string of the molecule is Cc1nn(C)c(C)c1C=Nn1c(-c2ccc(F)cc2)n[nH]c1=S. The molecule has 6 nitrogen and oxygen atoms in total. The van der Waals surface area contributed by atoms with Crippen LogP contribution in [0.5, 0.6) is 0 Å². The van der Waals surface area contributed by atoms with Crippen LogP contribution in [0.3, 0.4) is 0 Å². The lowest BCUT2D eigenvalue weighted by atomic mass is 10.2. The third kappa shape index (κ3) is 2.85. The number of H-pyrrole nitrogens is 1. The van der Waals surface area contributed by atoms with Gasteiger partial charge in [0, 0.05) is 23.9 Å². The zero-order valence-corrected chi connectivity index (χ0v) is 13.7. The summed E-state index contributed by atoms with van der Waals surface area (Å²) in [5.41, 5.74) is 3.54. The van der Waals surface area contributed by atoms with Crippen molar-refractivity contribution >= 4 is 18.4 Å². The molecule has 8 heteroatoms. The highest BCUT2D eigenvalue weighted by molar-refractivity contribution is 7.71. The topological polar surface area (TPSA) is 63.8 Å². The van der Waals surface area contributed by atoms with E-state index >= 15 is 0 Å². The Balaban J connectivity index is 2.04. The van der Waals surface area contributed by atoms with Gasteiger partial charge >= 0.3 is 0 Å². The van der Waals surface area contributed by atoms with Crippen molar-refractivity contribution in [3.63, 3.8) is 0 Å². The van der Waals surface area contributed by atoms with Gasteiger partial charge in [0.1, 0.15) is 5.82 Å². The van der Waals surface area contributed by atoms with Crippen molar-refractivity contribution in [2.75, 3.05) is 0 Å². The zero-order valence-electron chi connectivity index (χ0n) is 12.9. The summed E-state index contributed by atoms with van der Waals surface area (Å²) in [6, 6.07) is 6.01. The van der Waals surface area contributed by atoms with Gasteiger partial charge in [0.2, 0.25) is 4.77 Å². The number of nitrogens with zero attached hydrogens (tertiary/aromatic N) is 5. The molecule has 1 aromatic carbocycles. The minimum atomic E-state index is -0.306. The molecule has 0 amide bonds. The van der Waals surface area contributed by atoms with Crippen molar-refractivity contribution in [2.24, 2.45) is 12.1 Å². The number of nitrogens with one attached hydrogen (secondary N) is 1. The number of hydrogen-bond acceptors (Lipinski definition) is 4. The molecule has 0 unspecified atom stereocenters. The van der Waals surface area contributed by atoms with Crippen molar-refractivity contribution in [3.8, 4) is 11.4 Å². The molecule has 0 radical (unpaired) electrons. The first kappa shape index (κ1) is 15.3. The molecular weight excluding hydrogens is 315 g/mol. The number of aryl methyl sites for hydroxylation is 2. The van der Waals surface area contributed by atoms with E-state index in [2.05, 4.69) is 20.4 Å². The molecule has 0 saturated carbocycles. The number of benzene rings is 1. The van der Waals surface area contributed by atoms with E-state index in [1.165, 1.54) is 16.8 Å². The van der Waals surface area contributed by atoms with Gasteiger partial charge < -0.3 is 0 Å². The van der Waals surface area contributed by atoms with E-state index in [0.717, 1.165) is 22.5 Å². The van der Waals surface area contributed by atoms with Gasteiger partial charge in [-0.3, -0.25) is 4.68 Å². The fourth-order valence-corrected chi connectivity index (χ4v) is 2.46. The molecule has 0 aliphatic rings. The summed E-state index contributed by atoms with van der Waals surface area (Å²) in [6.07, 6.45) is 1.70. The molecule has 0 bridgehead atoms. The molecule has 0 atom stereocenters. The third-order valence-corrected chi connectivity index (χ3v) is 3.88. The van der Waals surface area contributed by atoms with Gasteiger partial charge in [0.15, 0.2) is 5.82 Å². The standard InChI is InChI=1S/C15H15FN6S/c1-9-13(10(2)21(3)20-9)8-17-22-14(18-19-15(22)23)11-4-6-12(16)7-5-11/h4-8H,1-3H3,(H,19,23). The smallest absolute Gasteiger partial charge is 0.216 e. The first-order valence-corrected chi connectivity index (χ1v) is 7.36. The highest BCUT2D eigenvalue weighted by Gasteiger charge is 2.10. The molecule has 0 aliphatic carbocycles. The predicted octanol–water partition coefficient (Wildman–Crippen LogP) is 2.98. The van der Waals surface area contributed by atoms with Crippen LogP contribution in [-0.4, -0.2) is 30.9 Å². The molecule has 2 heterocycles. The second-order valence-electron chi connectivity index (χ2n) is 5.12. The average molecular weight is 330 g/mol. The Morgan fingerprint density at radius 3 is 2.57 bits per heavy atom. The van der Waals surface area contributed by atoms with Gasteiger partial charge in [0.25, 0.3) is 0 Å². The predicted molar refractivity (Wildman–Crippen MR) is 88.5 cm³/mol. The summed E-state index contributed by atoms with van der Waals surface area (Å²) < 4.78 is 16.7. The Kier molecular flexibility index (Phi) is 3.91. The minimum Gasteiger partial charge on any atom is -0.272 e. The van der Waals surface area contributed by atoms with Crippen molar-refractivity contribution < 1.29 is 4.39 Å². The number of hydrogen-bond donors (Lipinski definition) is 1. The number of rotatable bonds is 3. The Morgan fingerprint density at radius 2 is 1.96 bits per heavy atom. The Morgan fingerprint density at radius 1 is 1.26 bits per heavy atom. The fraction of sp³-hybridized carbons (Fsp3) is 0.200. The van der Waals surface area contributed by atoms with Gasteiger partial charge in [0.05, 0.1) is 11.9 Å². The van der Waals surface area contributed by atoms with Gasteiger partial charge in [-0.1, -0.05) is 0 Å². The average Bonchev–Trinajstić information content (AvgIpc) is 2.99. The van der Waals surface area contributed by atoms with Crippen LogP contribution in [0.4, 0.5) is 4.39 Å². The van der Waals surface area contributed by atoms with Crippen LogP contribution in [0, 0.1) is 24.4 Å². The molecule has 0 saturated heterocycles. The molecule has 0 aliphatic heterocycles. The molecule has 23 heavy (non-hydrogen) atoms. The van der Waals surface area contributed by atoms with E-state index in [4.69, 9.17) is 12.2 Å². The monoisotopic (exact) mass is 330 g/mol. The summed E-state index contributed by atoms with van der Waals surface area (Å²) in [4.78, 5) is 0. The highest BCUT2D eigenvalue weighted by Crippen LogP contribution is 2.18. The van der Waals surface area contributed by atoms with Crippen LogP contribution in [0.2, 0.25) is 0 Å². The van der Waals surface area contributed by atoms with Gasteiger partial charge in [-0.15, -0.1) is 0 Å². The molecule has 0 spiro atoms. The Bertz CT molecular complexity index is 932. The summed E-state index contributed by atoms with van der Waals surface area (Å²) in [7, 11) is 1.88. The maximum absolute atomic E-state index is 13.1. The molecule has 3 rings (SSSR count). The van der Waals surface area contributed by atoms with E-state index in [9.17, 15) is 4.39 Å². The quantitative estimate of drug-likeness (QED) is 0.593. The zero-order chi connectivity index (χ0) is 16.6. The second-order valence-corrected chi connectivity index (χ2v) is 5.51. The number of halogens is 1. The van der Waals surface area contributed by atoms with E-state index < -0.39 is 0 Å². The second kappa shape index (κ2) is 5.88. The lowest BCUT2D eigenvalue weighted by molar-refractivity contribution is 0.628. The Hall–Kier alpha value is -2.61. The van der Waals surface area contributed by atoms with Crippen molar-refractivity contribution in [2.45, 2.75) is 13.8 Å². The van der Waals surface area contributed by atoms with E-state index in [0.29, 0.717) is 10.6 Å². The number of aromatic amines is 1. The summed E-state index contributed by atoms with van der Waals surface area (Å²) in [5, 5.41) is 15.6. The summed E-state index contributed by atoms with van der Waals surface area (Å²) >= 11 is 5.22. The highest BCUT2D eigenvalue weighted by atomic mass is 32.1. The third-order valence-electron chi connectivity index (χ3n) is 3.62. The maximum Gasteiger partial charge on any atom is 0.216 e. The summed E-state index contributed by atoms with van der Waals surface area (Å²) in [6.45, 7) is 3.89. The first-order valence-electron chi connectivity index (χ1n) is 6.95. The van der Waals surface area contributed by atoms with Crippen LogP contribution < -0.4 is 0 Å². The van der Waals surface area contributed by atoms with Crippen LogP contribution in [-0.2, 0) is 7.05 Å². The molecule has 0 fully saturated rings. The lowest BCUT2D eigenvalue weighted by Crippen LogP contribution is -1.97. The largest absolute Gasteiger partial charge is 0.272 e. The van der Waals surface area contributed by atoms with Crippen LogP contribution in [0.15, 0.2) is 29.4 Å². The molecule has 118 valence electrons. The Labute approximate surface area is 137 Å². The fourth-order valence-electron chi connectivity index (χ4n) is 2.28. The number of aromatic nitrogens is 5. The molecular formula is C15H15FN6S. The first-order chi connectivity index (χ1) is 11.0. The van der Waals surface area contributed by atoms with E-state index in [1.807, 2.05) is 20.9 Å². The molecule has 2 aromatic heterocycles. The molecule has 3 aromatic rings. The van der Waals surface area contributed by atoms with Crippen LogP contribution >= 0.6 is 12.2 Å². The normalized spacial score (nSPS) is 11.5. The van der Waals surface area contributed by atoms with Crippen molar-refractivity contribution in [1.29, 1.82) is 0 Å². The van der Waals surface area contributed by atoms with Crippen LogP contribution in [0.25, 0.3) is 11.4 Å². The molecule has 1 N–H and O–H groups in total. The van der Waals surface area contributed by atoms with Gasteiger partial charge in [-0.05, 0) is 50.3 Å². The maximum atomic E-state index is 13.1. The lowest BCUT2D eigenvalue weighted by Gasteiger charge is -2.01. The van der Waals surface area contributed by atoms with E-state index in [1.54, 1.807) is 23.0 Å². The van der Waals surface area contributed by atoms with Gasteiger partial charge in [-0.2, -0.15) is 20.0 Å².